The van der Waals surface area contributed by atoms with E-state index in [2.05, 4.69) is 18.3 Å². The number of thiophene rings is 1. The van der Waals surface area contributed by atoms with E-state index in [0.717, 1.165) is 30.1 Å². The number of rotatable bonds is 6. The Hall–Kier alpha value is -0.870. The van der Waals surface area contributed by atoms with Gasteiger partial charge < -0.3 is 10.4 Å². The molecule has 0 spiro atoms. The molecule has 0 bridgehead atoms. The second-order valence-corrected chi connectivity index (χ2v) is 7.55. The summed E-state index contributed by atoms with van der Waals surface area (Å²) in [5.41, 5.74) is 1.06. The molecule has 0 saturated heterocycles. The monoisotopic (exact) mass is 309 g/mol. The van der Waals surface area contributed by atoms with Crippen LogP contribution in [0.2, 0.25) is 0 Å². The maximum absolute atomic E-state index is 12.5. The molecule has 2 N–H and O–H groups in total. The molecule has 1 aliphatic rings. The van der Waals surface area contributed by atoms with Crippen LogP contribution in [-0.4, -0.2) is 23.2 Å². The van der Waals surface area contributed by atoms with Crippen LogP contribution in [-0.2, 0) is 12.8 Å². The number of aliphatic hydroxyl groups is 1. The summed E-state index contributed by atoms with van der Waals surface area (Å²) in [4.78, 5) is 14.7. The summed E-state index contributed by atoms with van der Waals surface area (Å²) in [7, 11) is 0. The van der Waals surface area contributed by atoms with Gasteiger partial charge in [0.1, 0.15) is 0 Å². The van der Waals surface area contributed by atoms with Crippen molar-refractivity contribution in [2.75, 3.05) is 6.61 Å². The van der Waals surface area contributed by atoms with Gasteiger partial charge in [0.25, 0.3) is 5.91 Å². The Morgan fingerprint density at radius 2 is 2.29 bits per heavy atom. The predicted octanol–water partition coefficient (Wildman–Crippen LogP) is 3.54. The first-order chi connectivity index (χ1) is 10.0. The van der Waals surface area contributed by atoms with E-state index >= 15 is 0 Å². The molecule has 2 rings (SSSR count). The van der Waals surface area contributed by atoms with Crippen molar-refractivity contribution in [1.29, 1.82) is 0 Å². The molecule has 0 saturated carbocycles. The highest BCUT2D eigenvalue weighted by atomic mass is 32.1. The molecule has 118 valence electrons. The largest absolute Gasteiger partial charge is 0.396 e. The number of aryl methyl sites for hydroxylation is 1. The Kier molecular flexibility index (Phi) is 5.44. The van der Waals surface area contributed by atoms with E-state index in [4.69, 9.17) is 5.11 Å². The molecular formula is C17H27NO2S. The van der Waals surface area contributed by atoms with Crippen LogP contribution in [0.4, 0.5) is 0 Å². The Balaban J connectivity index is 2.09. The number of fused-ring (bicyclic) bond motifs is 1. The van der Waals surface area contributed by atoms with Crippen molar-refractivity contribution >= 4 is 17.2 Å². The van der Waals surface area contributed by atoms with Crippen LogP contribution >= 0.6 is 11.3 Å². The highest BCUT2D eigenvalue weighted by Gasteiger charge is 2.27. The first-order valence-electron chi connectivity index (χ1n) is 8.06. The molecule has 0 aliphatic heterocycles. The molecule has 2 atom stereocenters. The number of carbonyl (C=O) groups excluding carboxylic acids is 1. The minimum atomic E-state index is -0.317. The van der Waals surface area contributed by atoms with Crippen molar-refractivity contribution in [3.05, 3.63) is 21.4 Å². The topological polar surface area (TPSA) is 49.3 Å². The number of nitrogens with one attached hydrogen (secondary N) is 1. The molecule has 0 aromatic carbocycles. The van der Waals surface area contributed by atoms with E-state index in [1.54, 1.807) is 11.3 Å². The third-order valence-corrected chi connectivity index (χ3v) is 6.08. The Morgan fingerprint density at radius 3 is 2.90 bits per heavy atom. The minimum absolute atomic E-state index is 0.0141. The van der Waals surface area contributed by atoms with Crippen molar-refractivity contribution in [3.8, 4) is 0 Å². The normalized spacial score (nSPS) is 20.7. The minimum Gasteiger partial charge on any atom is -0.396 e. The zero-order valence-corrected chi connectivity index (χ0v) is 14.2. The average molecular weight is 309 g/mol. The fraction of sp³-hybridized carbons (Fsp3) is 0.706. The van der Waals surface area contributed by atoms with Crippen LogP contribution in [0, 0.1) is 5.92 Å². The van der Waals surface area contributed by atoms with Gasteiger partial charge >= 0.3 is 0 Å². The van der Waals surface area contributed by atoms with Crippen molar-refractivity contribution in [2.24, 2.45) is 5.92 Å². The standard InChI is InChI=1S/C17H27NO2S/c1-4-12-6-7-14-13(10-12)11-15(21-14)16(20)18-17(3,5-2)8-9-19/h11-12,19H,4-10H2,1-3H3,(H,18,20). The lowest BCUT2D eigenvalue weighted by Gasteiger charge is -2.28. The third-order valence-electron chi connectivity index (χ3n) is 4.85. The van der Waals surface area contributed by atoms with E-state index in [0.29, 0.717) is 6.42 Å². The zero-order chi connectivity index (χ0) is 15.5. The third kappa shape index (κ3) is 3.86. The number of aliphatic hydroxyl groups excluding tert-OH is 1. The lowest BCUT2D eigenvalue weighted by atomic mass is 9.87. The van der Waals surface area contributed by atoms with Gasteiger partial charge in [0.15, 0.2) is 0 Å². The van der Waals surface area contributed by atoms with Crippen LogP contribution in [0.1, 0.15) is 66.6 Å². The van der Waals surface area contributed by atoms with Crippen LogP contribution in [0.3, 0.4) is 0 Å². The summed E-state index contributed by atoms with van der Waals surface area (Å²) in [6.45, 7) is 6.39. The molecule has 1 amide bonds. The van der Waals surface area contributed by atoms with Gasteiger partial charge in [0.05, 0.1) is 4.88 Å². The van der Waals surface area contributed by atoms with Crippen molar-refractivity contribution in [1.82, 2.24) is 5.32 Å². The average Bonchev–Trinajstić information content (AvgIpc) is 2.90. The lowest BCUT2D eigenvalue weighted by Crippen LogP contribution is -2.45. The van der Waals surface area contributed by atoms with E-state index in [1.807, 2.05) is 13.8 Å². The Morgan fingerprint density at radius 1 is 1.52 bits per heavy atom. The summed E-state index contributed by atoms with van der Waals surface area (Å²) in [6.07, 6.45) is 6.13. The van der Waals surface area contributed by atoms with E-state index in [9.17, 15) is 4.79 Å². The smallest absolute Gasteiger partial charge is 0.261 e. The van der Waals surface area contributed by atoms with Gasteiger partial charge in [-0.3, -0.25) is 4.79 Å². The highest BCUT2D eigenvalue weighted by Crippen LogP contribution is 2.33. The summed E-state index contributed by atoms with van der Waals surface area (Å²) in [5, 5.41) is 12.3. The van der Waals surface area contributed by atoms with Gasteiger partial charge in [-0.1, -0.05) is 20.3 Å². The molecule has 1 aliphatic carbocycles. The number of amides is 1. The SMILES string of the molecule is CCC1CCc2sc(C(=O)NC(C)(CC)CCO)cc2C1. The highest BCUT2D eigenvalue weighted by molar-refractivity contribution is 7.14. The molecule has 1 aromatic rings. The number of hydrogen-bond acceptors (Lipinski definition) is 3. The van der Waals surface area contributed by atoms with Crippen LogP contribution < -0.4 is 5.32 Å². The molecule has 4 heteroatoms. The molecule has 0 radical (unpaired) electrons. The maximum atomic E-state index is 12.5. The molecule has 2 unspecified atom stereocenters. The van der Waals surface area contributed by atoms with E-state index < -0.39 is 0 Å². The van der Waals surface area contributed by atoms with E-state index in [-0.39, 0.29) is 18.1 Å². The molecule has 1 heterocycles. The van der Waals surface area contributed by atoms with Gasteiger partial charge in [0.2, 0.25) is 0 Å². The van der Waals surface area contributed by atoms with Crippen LogP contribution in [0.5, 0.6) is 0 Å². The van der Waals surface area contributed by atoms with Gasteiger partial charge in [-0.25, -0.2) is 0 Å². The summed E-state index contributed by atoms with van der Waals surface area (Å²) in [5.74, 6) is 0.790. The molecule has 3 nitrogen and oxygen atoms in total. The maximum Gasteiger partial charge on any atom is 0.261 e. The van der Waals surface area contributed by atoms with Gasteiger partial charge in [-0.05, 0) is 56.6 Å². The summed E-state index contributed by atoms with van der Waals surface area (Å²) >= 11 is 1.65. The number of carbonyl (C=O) groups is 1. The second kappa shape index (κ2) is 6.93. The molecule has 1 aromatic heterocycles. The molecule has 0 fully saturated rings. The Bertz CT molecular complexity index is 497. The Labute approximate surface area is 131 Å². The van der Waals surface area contributed by atoms with Crippen molar-refractivity contribution < 1.29 is 9.90 Å². The van der Waals surface area contributed by atoms with Gasteiger partial charge in [0, 0.05) is 17.0 Å². The first-order valence-corrected chi connectivity index (χ1v) is 8.88. The van der Waals surface area contributed by atoms with Gasteiger partial charge in [-0.15, -0.1) is 11.3 Å². The second-order valence-electron chi connectivity index (χ2n) is 6.42. The fourth-order valence-electron chi connectivity index (χ4n) is 2.97. The summed E-state index contributed by atoms with van der Waals surface area (Å²) < 4.78 is 0. The first kappa shape index (κ1) is 16.5. The van der Waals surface area contributed by atoms with Crippen LogP contribution in [0.15, 0.2) is 6.07 Å². The van der Waals surface area contributed by atoms with Crippen molar-refractivity contribution in [3.63, 3.8) is 0 Å². The molecular weight excluding hydrogens is 282 g/mol. The molecule has 21 heavy (non-hydrogen) atoms. The fourth-order valence-corrected chi connectivity index (χ4v) is 4.07. The predicted molar refractivity (Wildman–Crippen MR) is 88.0 cm³/mol. The summed E-state index contributed by atoms with van der Waals surface area (Å²) in [6, 6.07) is 2.09. The van der Waals surface area contributed by atoms with Crippen LogP contribution in [0.25, 0.3) is 0 Å². The van der Waals surface area contributed by atoms with E-state index in [1.165, 1.54) is 23.3 Å². The lowest BCUT2D eigenvalue weighted by molar-refractivity contribution is 0.0890. The zero-order valence-electron chi connectivity index (χ0n) is 13.4. The van der Waals surface area contributed by atoms with Gasteiger partial charge in [-0.2, -0.15) is 0 Å². The number of hydrogen-bond donors (Lipinski definition) is 2. The van der Waals surface area contributed by atoms with Crippen molar-refractivity contribution in [2.45, 2.75) is 64.8 Å². The quantitative estimate of drug-likeness (QED) is 0.844.